The third kappa shape index (κ3) is 2.38. The van der Waals surface area contributed by atoms with Gasteiger partial charge in [-0.1, -0.05) is 45.8 Å². The molecule has 3 heteroatoms. The fraction of sp³-hybridized carbons (Fsp3) is 0.133. The normalized spacial score (nSPS) is 14.0. The van der Waals surface area contributed by atoms with Gasteiger partial charge in [0.15, 0.2) is 0 Å². The van der Waals surface area contributed by atoms with Crippen molar-refractivity contribution in [3.8, 4) is 0 Å². The summed E-state index contributed by atoms with van der Waals surface area (Å²) < 4.78 is 1.11. The van der Waals surface area contributed by atoms with Gasteiger partial charge >= 0.3 is 0 Å². The molecule has 3 rings (SSSR count). The first-order chi connectivity index (χ1) is 8.72. The van der Waals surface area contributed by atoms with E-state index in [0.29, 0.717) is 0 Å². The lowest BCUT2D eigenvalue weighted by Gasteiger charge is -2.15. The second-order valence-corrected chi connectivity index (χ2v) is 6.26. The Labute approximate surface area is 119 Å². The van der Waals surface area contributed by atoms with Crippen molar-refractivity contribution >= 4 is 39.1 Å². The van der Waals surface area contributed by atoms with Crippen molar-refractivity contribution in [1.29, 1.82) is 0 Å². The van der Waals surface area contributed by atoms with E-state index in [1.54, 1.807) is 0 Å². The van der Waals surface area contributed by atoms with Gasteiger partial charge in [-0.15, -0.1) is 11.8 Å². The molecule has 0 aromatic heterocycles. The molecule has 0 N–H and O–H groups in total. The van der Waals surface area contributed by atoms with E-state index in [0.717, 1.165) is 21.6 Å². The Morgan fingerprint density at radius 3 is 2.67 bits per heavy atom. The van der Waals surface area contributed by atoms with Gasteiger partial charge in [0.2, 0.25) is 0 Å². The van der Waals surface area contributed by atoms with Crippen LogP contribution >= 0.6 is 27.7 Å². The zero-order valence-electron chi connectivity index (χ0n) is 9.98. The summed E-state index contributed by atoms with van der Waals surface area (Å²) in [6, 6.07) is 14.8. The first-order valence-corrected chi connectivity index (χ1v) is 7.57. The molecule has 0 saturated heterocycles. The van der Waals surface area contributed by atoms with Crippen LogP contribution in [-0.2, 0) is 0 Å². The molecule has 0 bridgehead atoms. The van der Waals surface area contributed by atoms with Crippen LogP contribution in [0, 0.1) is 6.92 Å². The Bertz CT molecular complexity index is 617. The van der Waals surface area contributed by atoms with Gasteiger partial charge in [0.25, 0.3) is 0 Å². The Morgan fingerprint density at radius 1 is 1.11 bits per heavy atom. The van der Waals surface area contributed by atoms with Crippen LogP contribution in [-0.4, -0.2) is 11.5 Å². The standard InChI is InChI=1S/C15H12BrNS/c1-10-2-4-11(5-3-10)14-9-18-15-8-12(16)6-7-13(15)17-14/h2-8H,9H2,1H3. The number of benzene rings is 2. The SMILES string of the molecule is Cc1ccc(C2=Nc3ccc(Br)cc3SC2)cc1. The number of aryl methyl sites for hydroxylation is 1. The summed E-state index contributed by atoms with van der Waals surface area (Å²) in [5.74, 6) is 0.937. The molecule has 1 nitrogen and oxygen atoms in total. The summed E-state index contributed by atoms with van der Waals surface area (Å²) in [6.45, 7) is 2.11. The van der Waals surface area contributed by atoms with Crippen LogP contribution in [0.1, 0.15) is 11.1 Å². The van der Waals surface area contributed by atoms with E-state index in [9.17, 15) is 0 Å². The highest BCUT2D eigenvalue weighted by atomic mass is 79.9. The van der Waals surface area contributed by atoms with E-state index in [2.05, 4.69) is 59.3 Å². The maximum atomic E-state index is 4.76. The van der Waals surface area contributed by atoms with Crippen LogP contribution in [0.5, 0.6) is 0 Å². The minimum Gasteiger partial charge on any atom is -0.251 e. The highest BCUT2D eigenvalue weighted by Crippen LogP contribution is 2.36. The van der Waals surface area contributed by atoms with E-state index in [1.807, 2.05) is 17.8 Å². The van der Waals surface area contributed by atoms with E-state index in [-0.39, 0.29) is 0 Å². The third-order valence-electron chi connectivity index (χ3n) is 2.93. The molecule has 1 aliphatic heterocycles. The van der Waals surface area contributed by atoms with Crippen molar-refractivity contribution in [2.24, 2.45) is 4.99 Å². The van der Waals surface area contributed by atoms with Crippen LogP contribution in [0.2, 0.25) is 0 Å². The van der Waals surface area contributed by atoms with Crippen LogP contribution < -0.4 is 0 Å². The average molecular weight is 318 g/mol. The Morgan fingerprint density at radius 2 is 1.89 bits per heavy atom. The van der Waals surface area contributed by atoms with Crippen molar-refractivity contribution in [2.75, 3.05) is 5.75 Å². The first kappa shape index (κ1) is 12.0. The zero-order valence-corrected chi connectivity index (χ0v) is 12.4. The fourth-order valence-electron chi connectivity index (χ4n) is 1.91. The molecule has 0 unspecified atom stereocenters. The number of rotatable bonds is 1. The van der Waals surface area contributed by atoms with Crippen molar-refractivity contribution in [3.05, 3.63) is 58.1 Å². The number of thioether (sulfide) groups is 1. The van der Waals surface area contributed by atoms with Crippen molar-refractivity contribution in [1.82, 2.24) is 0 Å². The van der Waals surface area contributed by atoms with Crippen molar-refractivity contribution in [3.63, 3.8) is 0 Å². The largest absolute Gasteiger partial charge is 0.251 e. The molecule has 0 radical (unpaired) electrons. The number of nitrogens with zero attached hydrogens (tertiary/aromatic N) is 1. The molecule has 18 heavy (non-hydrogen) atoms. The lowest BCUT2D eigenvalue weighted by atomic mass is 10.1. The number of hydrogen-bond donors (Lipinski definition) is 0. The predicted octanol–water partition coefficient (Wildman–Crippen LogP) is 4.98. The number of fused-ring (bicyclic) bond motifs is 1. The lowest BCUT2D eigenvalue weighted by Crippen LogP contribution is -2.07. The summed E-state index contributed by atoms with van der Waals surface area (Å²) in [5, 5.41) is 0. The van der Waals surface area contributed by atoms with Crippen molar-refractivity contribution < 1.29 is 0 Å². The molecule has 2 aromatic carbocycles. The molecule has 1 aliphatic rings. The third-order valence-corrected chi connectivity index (χ3v) is 4.48. The molecule has 0 fully saturated rings. The highest BCUT2D eigenvalue weighted by molar-refractivity contribution is 9.10. The Kier molecular flexibility index (Phi) is 3.27. The molecule has 0 amide bonds. The van der Waals surface area contributed by atoms with Gasteiger partial charge < -0.3 is 0 Å². The molecule has 0 saturated carbocycles. The van der Waals surface area contributed by atoms with Gasteiger partial charge in [-0.3, -0.25) is 4.99 Å². The maximum Gasteiger partial charge on any atom is 0.0770 e. The fourth-order valence-corrected chi connectivity index (χ4v) is 3.42. The predicted molar refractivity (Wildman–Crippen MR) is 82.2 cm³/mol. The minimum absolute atomic E-state index is 0.937. The molecule has 2 aromatic rings. The topological polar surface area (TPSA) is 12.4 Å². The first-order valence-electron chi connectivity index (χ1n) is 5.79. The molecule has 0 atom stereocenters. The highest BCUT2D eigenvalue weighted by Gasteiger charge is 2.14. The second-order valence-electron chi connectivity index (χ2n) is 4.33. The van der Waals surface area contributed by atoms with Crippen LogP contribution in [0.15, 0.2) is 56.8 Å². The number of halogens is 1. The van der Waals surface area contributed by atoms with E-state index in [1.165, 1.54) is 16.0 Å². The van der Waals surface area contributed by atoms with Gasteiger partial charge in [-0.2, -0.15) is 0 Å². The van der Waals surface area contributed by atoms with E-state index in [4.69, 9.17) is 4.99 Å². The van der Waals surface area contributed by atoms with Gasteiger partial charge in [-0.25, -0.2) is 0 Å². The molecule has 90 valence electrons. The van der Waals surface area contributed by atoms with Crippen LogP contribution in [0.25, 0.3) is 0 Å². The second kappa shape index (κ2) is 4.90. The van der Waals surface area contributed by atoms with Gasteiger partial charge in [-0.05, 0) is 30.7 Å². The lowest BCUT2D eigenvalue weighted by molar-refractivity contribution is 1.33. The monoisotopic (exact) mass is 317 g/mol. The number of aliphatic imine (C=N–C) groups is 1. The van der Waals surface area contributed by atoms with Crippen molar-refractivity contribution in [2.45, 2.75) is 11.8 Å². The van der Waals surface area contributed by atoms with Gasteiger partial charge in [0.1, 0.15) is 0 Å². The molecule has 1 heterocycles. The molecule has 0 aliphatic carbocycles. The number of hydrogen-bond acceptors (Lipinski definition) is 2. The summed E-state index contributed by atoms with van der Waals surface area (Å²) in [5.41, 5.74) is 4.74. The molecule has 0 spiro atoms. The minimum atomic E-state index is 0.937. The Hall–Kier alpha value is -1.06. The summed E-state index contributed by atoms with van der Waals surface area (Å²) in [7, 11) is 0. The average Bonchev–Trinajstić information content (AvgIpc) is 2.39. The van der Waals surface area contributed by atoms with Gasteiger partial charge in [0.05, 0.1) is 11.4 Å². The van der Waals surface area contributed by atoms with E-state index < -0.39 is 0 Å². The zero-order chi connectivity index (χ0) is 12.5. The summed E-state index contributed by atoms with van der Waals surface area (Å²) >= 11 is 5.35. The quantitative estimate of drug-likeness (QED) is 0.722. The summed E-state index contributed by atoms with van der Waals surface area (Å²) in [6.07, 6.45) is 0. The molecular weight excluding hydrogens is 306 g/mol. The van der Waals surface area contributed by atoms with Crippen LogP contribution in [0.3, 0.4) is 0 Å². The molecular formula is C15H12BrNS. The maximum absolute atomic E-state index is 4.76. The van der Waals surface area contributed by atoms with E-state index >= 15 is 0 Å². The van der Waals surface area contributed by atoms with Crippen LogP contribution in [0.4, 0.5) is 5.69 Å². The van der Waals surface area contributed by atoms with Gasteiger partial charge in [0, 0.05) is 15.1 Å². The summed E-state index contributed by atoms with van der Waals surface area (Å²) in [4.78, 5) is 6.01. The smallest absolute Gasteiger partial charge is 0.0770 e. The Balaban J connectivity index is 2.00.